The van der Waals surface area contributed by atoms with E-state index >= 15 is 0 Å². The summed E-state index contributed by atoms with van der Waals surface area (Å²) in [5, 5.41) is 14.0. The zero-order valence-electron chi connectivity index (χ0n) is 21.1. The van der Waals surface area contributed by atoms with E-state index in [-0.39, 0.29) is 23.8 Å². The number of carbonyl (C=O) groups excluding carboxylic acids is 2. The molecule has 0 radical (unpaired) electrons. The van der Waals surface area contributed by atoms with Crippen molar-refractivity contribution in [1.29, 1.82) is 0 Å². The van der Waals surface area contributed by atoms with E-state index in [2.05, 4.69) is 5.32 Å². The van der Waals surface area contributed by atoms with E-state index in [9.17, 15) is 28.1 Å². The first-order valence-corrected chi connectivity index (χ1v) is 13.2. The number of hydrogen-bond acceptors (Lipinski definition) is 7. The van der Waals surface area contributed by atoms with E-state index in [1.807, 2.05) is 6.92 Å². The molecule has 196 valence electrons. The Kier molecular flexibility index (Phi) is 9.79. The summed E-state index contributed by atoms with van der Waals surface area (Å²) in [6.07, 6.45) is 1.63. The summed E-state index contributed by atoms with van der Waals surface area (Å²) in [4.78, 5) is 38.2. The minimum atomic E-state index is -4.01. The Hall–Kier alpha value is -3.67. The van der Waals surface area contributed by atoms with Crippen molar-refractivity contribution in [1.82, 2.24) is 10.2 Å². The molecule has 2 amide bonds. The molecule has 2 aromatic rings. The molecule has 12 heteroatoms. The number of amides is 2. The molecule has 0 spiro atoms. The molecule has 0 saturated carbocycles. The van der Waals surface area contributed by atoms with Gasteiger partial charge in [0.2, 0.25) is 21.8 Å². The molecule has 0 fully saturated rings. The molecular formula is C24H32N4O7S. The van der Waals surface area contributed by atoms with E-state index in [4.69, 9.17) is 4.74 Å². The molecule has 11 nitrogen and oxygen atoms in total. The molecule has 1 N–H and O–H groups in total. The number of benzene rings is 2. The first kappa shape index (κ1) is 28.6. The number of rotatable bonds is 12. The zero-order chi connectivity index (χ0) is 27.0. The lowest BCUT2D eigenvalue weighted by molar-refractivity contribution is -0.384. The van der Waals surface area contributed by atoms with E-state index in [1.165, 1.54) is 24.1 Å². The number of methoxy groups -OCH3 is 1. The van der Waals surface area contributed by atoms with Crippen LogP contribution in [0.5, 0.6) is 5.75 Å². The van der Waals surface area contributed by atoms with Gasteiger partial charge < -0.3 is 15.0 Å². The van der Waals surface area contributed by atoms with Gasteiger partial charge in [-0.05, 0) is 43.5 Å². The average molecular weight is 521 g/mol. The maximum atomic E-state index is 13.5. The standard InChI is InChI=1S/C24H32N4O7S/c1-6-13-25-24(30)18(3)26(15-19-8-11-21(35-4)12-9-19)23(29)16-27(36(5,33)34)22-14-20(28(31)32)10-7-17(22)2/h7-12,14,18H,6,13,15-16H2,1-5H3,(H,25,30). The predicted octanol–water partition coefficient (Wildman–Crippen LogP) is 2.62. The number of ether oxygens (including phenoxy) is 1. The normalized spacial score (nSPS) is 11.9. The van der Waals surface area contributed by atoms with Crippen molar-refractivity contribution in [3.05, 3.63) is 63.7 Å². The molecule has 0 aromatic heterocycles. The number of carbonyl (C=O) groups is 2. The molecule has 0 saturated heterocycles. The number of aryl methyl sites for hydroxylation is 1. The smallest absolute Gasteiger partial charge is 0.271 e. The van der Waals surface area contributed by atoms with Gasteiger partial charge in [-0.2, -0.15) is 0 Å². The van der Waals surface area contributed by atoms with E-state index in [1.54, 1.807) is 38.1 Å². The molecule has 36 heavy (non-hydrogen) atoms. The largest absolute Gasteiger partial charge is 0.497 e. The Morgan fingerprint density at radius 1 is 1.17 bits per heavy atom. The second kappa shape index (κ2) is 12.3. The third kappa shape index (κ3) is 7.41. The summed E-state index contributed by atoms with van der Waals surface area (Å²) in [7, 11) is -2.48. The first-order chi connectivity index (χ1) is 16.9. The lowest BCUT2D eigenvalue weighted by Crippen LogP contribution is -2.51. The number of hydrogen-bond donors (Lipinski definition) is 1. The van der Waals surface area contributed by atoms with Crippen molar-refractivity contribution in [3.8, 4) is 5.75 Å². The van der Waals surface area contributed by atoms with Crippen LogP contribution in [0.2, 0.25) is 0 Å². The van der Waals surface area contributed by atoms with Gasteiger partial charge >= 0.3 is 0 Å². The van der Waals surface area contributed by atoms with E-state index in [0.29, 0.717) is 29.8 Å². The highest BCUT2D eigenvalue weighted by Gasteiger charge is 2.31. The molecule has 0 heterocycles. The Morgan fingerprint density at radius 3 is 2.33 bits per heavy atom. The number of nitrogens with one attached hydrogen (secondary N) is 1. The summed E-state index contributed by atoms with van der Waals surface area (Å²) >= 11 is 0. The molecular weight excluding hydrogens is 488 g/mol. The SMILES string of the molecule is CCCNC(=O)C(C)N(Cc1ccc(OC)cc1)C(=O)CN(c1cc([N+](=O)[O-])ccc1C)S(C)(=O)=O. The van der Waals surface area contributed by atoms with Crippen LogP contribution in [0, 0.1) is 17.0 Å². The number of sulfonamides is 1. The van der Waals surface area contributed by atoms with Gasteiger partial charge in [-0.1, -0.05) is 25.1 Å². The van der Waals surface area contributed by atoms with Crippen molar-refractivity contribution in [2.75, 3.05) is 30.8 Å². The van der Waals surface area contributed by atoms with Crippen LogP contribution in [0.25, 0.3) is 0 Å². The van der Waals surface area contributed by atoms with E-state index in [0.717, 1.165) is 16.6 Å². The van der Waals surface area contributed by atoms with Crippen molar-refractivity contribution < 1.29 is 27.7 Å². The van der Waals surface area contributed by atoms with Gasteiger partial charge in [-0.15, -0.1) is 0 Å². The van der Waals surface area contributed by atoms with E-state index < -0.39 is 33.4 Å². The summed E-state index contributed by atoms with van der Waals surface area (Å²) in [5.41, 5.74) is 0.859. The highest BCUT2D eigenvalue weighted by atomic mass is 32.2. The Bertz CT molecular complexity index is 1200. The zero-order valence-corrected chi connectivity index (χ0v) is 21.9. The number of anilines is 1. The average Bonchev–Trinajstić information content (AvgIpc) is 2.83. The summed E-state index contributed by atoms with van der Waals surface area (Å²) in [5.74, 6) is -0.396. The van der Waals surface area contributed by atoms with Crippen LogP contribution in [0.3, 0.4) is 0 Å². The maximum Gasteiger partial charge on any atom is 0.271 e. The fourth-order valence-corrected chi connectivity index (χ4v) is 4.38. The van der Waals surface area contributed by atoms with Crippen LogP contribution in [0.15, 0.2) is 42.5 Å². The Morgan fingerprint density at radius 2 is 1.81 bits per heavy atom. The predicted molar refractivity (Wildman–Crippen MR) is 136 cm³/mol. The second-order valence-electron chi connectivity index (χ2n) is 8.33. The molecule has 2 rings (SSSR count). The molecule has 1 atom stereocenters. The van der Waals surface area contributed by atoms with Crippen LogP contribution in [0.1, 0.15) is 31.4 Å². The van der Waals surface area contributed by atoms with Gasteiger partial charge in [0.15, 0.2) is 0 Å². The number of nitro benzene ring substituents is 1. The van der Waals surface area contributed by atoms with Crippen LogP contribution < -0.4 is 14.4 Å². The van der Waals surface area contributed by atoms with Crippen molar-refractivity contribution in [3.63, 3.8) is 0 Å². The summed E-state index contributed by atoms with van der Waals surface area (Å²) < 4.78 is 31.4. The van der Waals surface area contributed by atoms with Gasteiger partial charge in [0.1, 0.15) is 18.3 Å². The Balaban J connectivity index is 2.45. The Labute approximate surface area is 211 Å². The lowest BCUT2D eigenvalue weighted by Gasteiger charge is -2.31. The minimum Gasteiger partial charge on any atom is -0.497 e. The third-order valence-corrected chi connectivity index (χ3v) is 6.71. The summed E-state index contributed by atoms with van der Waals surface area (Å²) in [6, 6.07) is 9.82. The van der Waals surface area contributed by atoms with Crippen LogP contribution >= 0.6 is 0 Å². The molecule has 1 unspecified atom stereocenters. The molecule has 2 aromatic carbocycles. The first-order valence-electron chi connectivity index (χ1n) is 11.3. The second-order valence-corrected chi connectivity index (χ2v) is 10.2. The van der Waals surface area contributed by atoms with Gasteiger partial charge in [0.05, 0.1) is 24.0 Å². The minimum absolute atomic E-state index is 0.0209. The molecule has 0 aliphatic heterocycles. The number of nitro groups is 1. The highest BCUT2D eigenvalue weighted by molar-refractivity contribution is 7.92. The van der Waals surface area contributed by atoms with Crippen LogP contribution in [-0.2, 0) is 26.2 Å². The maximum absolute atomic E-state index is 13.5. The fraction of sp³-hybridized carbons (Fsp3) is 0.417. The van der Waals surface area contributed by atoms with Gasteiger partial charge in [0, 0.05) is 25.2 Å². The molecule has 0 bridgehead atoms. The number of non-ortho nitro benzene ring substituents is 1. The van der Waals surface area contributed by atoms with Crippen molar-refractivity contribution >= 4 is 33.2 Å². The topological polar surface area (TPSA) is 139 Å². The molecule has 0 aliphatic carbocycles. The van der Waals surface area contributed by atoms with Gasteiger partial charge in [-0.25, -0.2) is 8.42 Å². The lowest BCUT2D eigenvalue weighted by atomic mass is 10.1. The van der Waals surface area contributed by atoms with Crippen molar-refractivity contribution in [2.24, 2.45) is 0 Å². The van der Waals surface area contributed by atoms with Gasteiger partial charge in [-0.3, -0.25) is 24.0 Å². The van der Waals surface area contributed by atoms with Crippen molar-refractivity contribution in [2.45, 2.75) is 39.8 Å². The van der Waals surface area contributed by atoms with Crippen LogP contribution in [-0.4, -0.2) is 62.6 Å². The molecule has 0 aliphatic rings. The quantitative estimate of drug-likeness (QED) is 0.335. The van der Waals surface area contributed by atoms with Crippen LogP contribution in [0.4, 0.5) is 11.4 Å². The monoisotopic (exact) mass is 520 g/mol. The summed E-state index contributed by atoms with van der Waals surface area (Å²) in [6.45, 7) is 4.89. The van der Waals surface area contributed by atoms with Gasteiger partial charge in [0.25, 0.3) is 5.69 Å². The fourth-order valence-electron chi connectivity index (χ4n) is 3.48. The third-order valence-electron chi connectivity index (χ3n) is 5.58. The number of nitrogens with zero attached hydrogens (tertiary/aromatic N) is 3. The highest BCUT2D eigenvalue weighted by Crippen LogP contribution is 2.28.